The number of nitrogens with one attached hydrogen (secondary N) is 1. The molecular weight excluding hydrogens is 873 g/mol. The molecule has 2 aliphatic heterocycles. The topological polar surface area (TPSA) is 150 Å². The SMILES string of the molecule is CCOC(=O)N=NC(=O)OCC.O[C@H]1CCCC[C@H]1OCCc1ccccc1.c1ccc(CCO[C@@H]2CCCC[C@H]2N2CC[C@@H](OCc3ccccc3)C2)cc1.c1ccc(CO[C@@H]2CCNC2)cc1. The van der Waals surface area contributed by atoms with Crippen molar-refractivity contribution in [1.29, 1.82) is 0 Å². The fourth-order valence-electron chi connectivity index (χ4n) is 8.83. The van der Waals surface area contributed by atoms with Crippen LogP contribution in [0.25, 0.3) is 0 Å². The summed E-state index contributed by atoms with van der Waals surface area (Å²) in [4.78, 5) is 23.6. The number of benzene rings is 4. The number of amides is 2. The van der Waals surface area contributed by atoms with Gasteiger partial charge in [-0.1, -0.05) is 157 Å². The smallest absolute Gasteiger partial charge is 0.447 e. The third-order valence-electron chi connectivity index (χ3n) is 12.5. The highest BCUT2D eigenvalue weighted by molar-refractivity contribution is 5.73. The molecule has 0 unspecified atom stereocenters. The molecule has 4 aromatic rings. The first-order chi connectivity index (χ1) is 33.9. The predicted molar refractivity (Wildman–Crippen MR) is 269 cm³/mol. The van der Waals surface area contributed by atoms with Crippen LogP contribution in [0, 0.1) is 0 Å². The summed E-state index contributed by atoms with van der Waals surface area (Å²) < 4.78 is 32.8. The van der Waals surface area contributed by atoms with Crippen LogP contribution in [-0.4, -0.2) is 111 Å². The Morgan fingerprint density at radius 2 is 1.03 bits per heavy atom. The molecule has 2 heterocycles. The Hall–Kier alpha value is -4.86. The summed E-state index contributed by atoms with van der Waals surface area (Å²) in [6, 6.07) is 42.4. The third kappa shape index (κ3) is 22.6. The van der Waals surface area contributed by atoms with Crippen molar-refractivity contribution in [2.24, 2.45) is 10.2 Å². The summed E-state index contributed by atoms with van der Waals surface area (Å²) in [6.45, 7) is 10.9. The normalized spacial score (nSPS) is 22.2. The van der Waals surface area contributed by atoms with E-state index in [0.717, 1.165) is 90.9 Å². The average Bonchev–Trinajstić information content (AvgIpc) is 4.11. The first-order valence-electron chi connectivity index (χ1n) is 25.4. The van der Waals surface area contributed by atoms with Crippen LogP contribution in [-0.2, 0) is 54.5 Å². The largest absolute Gasteiger partial charge is 0.452 e. The van der Waals surface area contributed by atoms with Crippen LogP contribution in [0.1, 0.15) is 100 Å². The molecule has 2 saturated heterocycles. The van der Waals surface area contributed by atoms with Crippen molar-refractivity contribution in [3.8, 4) is 0 Å². The minimum absolute atomic E-state index is 0.0671. The van der Waals surface area contributed by atoms with Crippen LogP contribution < -0.4 is 5.32 Å². The Bertz CT molecular complexity index is 1940. The monoisotopic (exact) mass is 951 g/mol. The van der Waals surface area contributed by atoms with Crippen LogP contribution in [0.4, 0.5) is 9.59 Å². The Morgan fingerprint density at radius 3 is 1.52 bits per heavy atom. The van der Waals surface area contributed by atoms with E-state index in [9.17, 15) is 14.7 Å². The van der Waals surface area contributed by atoms with Crippen molar-refractivity contribution in [1.82, 2.24) is 10.2 Å². The summed E-state index contributed by atoms with van der Waals surface area (Å²) in [5.74, 6) is 0. The van der Waals surface area contributed by atoms with Gasteiger partial charge in [-0.3, -0.25) is 4.90 Å². The summed E-state index contributed by atoms with van der Waals surface area (Å²) in [7, 11) is 0. The van der Waals surface area contributed by atoms with E-state index in [2.05, 4.69) is 115 Å². The second kappa shape index (κ2) is 33.6. The van der Waals surface area contributed by atoms with Crippen molar-refractivity contribution in [3.63, 3.8) is 0 Å². The molecule has 0 spiro atoms. The Balaban J connectivity index is 0.000000185. The number of carbonyl (C=O) groups is 2. The van der Waals surface area contributed by atoms with Gasteiger partial charge in [0.2, 0.25) is 0 Å². The van der Waals surface area contributed by atoms with Crippen molar-refractivity contribution < 1.29 is 43.1 Å². The molecule has 0 radical (unpaired) electrons. The molecule has 2 aliphatic carbocycles. The average molecular weight is 951 g/mol. The van der Waals surface area contributed by atoms with Crippen LogP contribution in [0.5, 0.6) is 0 Å². The minimum atomic E-state index is -0.898. The number of aliphatic hydroxyl groups excluding tert-OH is 1. The molecule has 69 heavy (non-hydrogen) atoms. The maximum atomic E-state index is 10.5. The van der Waals surface area contributed by atoms with Gasteiger partial charge in [0.05, 0.1) is 70.2 Å². The molecule has 0 bridgehead atoms. The van der Waals surface area contributed by atoms with Crippen molar-refractivity contribution >= 4 is 12.2 Å². The van der Waals surface area contributed by atoms with Gasteiger partial charge < -0.3 is 38.8 Å². The fourth-order valence-corrected chi connectivity index (χ4v) is 8.83. The van der Waals surface area contributed by atoms with Gasteiger partial charge in [-0.05, 0) is 94.0 Å². The molecule has 376 valence electrons. The second-order valence-corrected chi connectivity index (χ2v) is 17.7. The number of hydrogen-bond acceptors (Lipinski definition) is 11. The maximum absolute atomic E-state index is 10.5. The van der Waals surface area contributed by atoms with E-state index in [1.807, 2.05) is 36.4 Å². The lowest BCUT2D eigenvalue weighted by molar-refractivity contribution is -0.0575. The lowest BCUT2D eigenvalue weighted by atomic mass is 9.91. The minimum Gasteiger partial charge on any atom is -0.447 e. The molecule has 4 aliphatic rings. The number of likely N-dealkylation sites (tertiary alicyclic amines) is 1. The molecule has 2 amide bonds. The highest BCUT2D eigenvalue weighted by Crippen LogP contribution is 2.29. The van der Waals surface area contributed by atoms with Crippen LogP contribution >= 0.6 is 0 Å². The van der Waals surface area contributed by atoms with Gasteiger partial charge in [0, 0.05) is 25.7 Å². The number of carbonyl (C=O) groups excluding carboxylic acids is 2. The van der Waals surface area contributed by atoms with E-state index in [1.54, 1.807) is 13.8 Å². The Morgan fingerprint density at radius 1 is 0.565 bits per heavy atom. The first-order valence-corrected chi connectivity index (χ1v) is 25.4. The summed E-state index contributed by atoms with van der Waals surface area (Å²) >= 11 is 0. The zero-order valence-corrected chi connectivity index (χ0v) is 41.1. The first kappa shape index (κ1) is 55.1. The molecule has 13 nitrogen and oxygen atoms in total. The molecule has 0 aromatic heterocycles. The van der Waals surface area contributed by atoms with E-state index in [4.69, 9.17) is 18.9 Å². The van der Waals surface area contributed by atoms with E-state index in [0.29, 0.717) is 31.0 Å². The highest BCUT2D eigenvalue weighted by atomic mass is 16.6. The van der Waals surface area contributed by atoms with Crippen molar-refractivity contribution in [2.75, 3.05) is 52.6 Å². The van der Waals surface area contributed by atoms with Crippen LogP contribution in [0.15, 0.2) is 132 Å². The van der Waals surface area contributed by atoms with Crippen molar-refractivity contribution in [3.05, 3.63) is 144 Å². The number of aliphatic hydroxyl groups is 1. The fraction of sp³-hybridized carbons (Fsp3) is 0.536. The van der Waals surface area contributed by atoms with Gasteiger partial charge in [-0.25, -0.2) is 9.59 Å². The van der Waals surface area contributed by atoms with Gasteiger partial charge in [0.15, 0.2) is 0 Å². The number of hydrogen-bond donors (Lipinski definition) is 2. The summed E-state index contributed by atoms with van der Waals surface area (Å²) in [6.07, 6.45) is 12.7. The van der Waals surface area contributed by atoms with E-state index in [-0.39, 0.29) is 25.4 Å². The lowest BCUT2D eigenvalue weighted by Crippen LogP contribution is -2.46. The quantitative estimate of drug-likeness (QED) is 0.0974. The van der Waals surface area contributed by atoms with Gasteiger partial charge in [0.1, 0.15) is 0 Å². The molecule has 6 atom stereocenters. The highest BCUT2D eigenvalue weighted by Gasteiger charge is 2.35. The second-order valence-electron chi connectivity index (χ2n) is 17.7. The third-order valence-corrected chi connectivity index (χ3v) is 12.5. The molecule has 13 heteroatoms. The lowest BCUT2D eigenvalue weighted by Gasteiger charge is -2.37. The number of azo groups is 1. The maximum Gasteiger partial charge on any atom is 0.452 e. The number of rotatable bonds is 17. The van der Waals surface area contributed by atoms with Crippen molar-refractivity contribution in [2.45, 2.75) is 141 Å². The molecule has 4 fully saturated rings. The Kier molecular flexibility index (Phi) is 26.8. The molecule has 2 saturated carbocycles. The molecule has 8 rings (SSSR count). The Labute approximate surface area is 411 Å². The summed E-state index contributed by atoms with van der Waals surface area (Å²) in [5.41, 5.74) is 5.19. The number of nitrogens with zero attached hydrogens (tertiary/aromatic N) is 3. The standard InChI is InChI=1S/C25H33NO2.C14H20O2.C11H15NO.C6H10N2O4/c1-3-9-21(10-4-1)16-18-27-25-14-8-7-13-24(25)26-17-15-23(19-26)28-20-22-11-5-2-6-12-22;15-13-8-4-5-9-14(13)16-11-10-12-6-2-1-3-7-12;1-2-4-10(5-3-1)9-13-11-6-7-12-8-11;1-3-11-5(9)7-8-6(10)12-4-2/h1-6,9-12,23-25H,7-8,13-20H2;1-3,6-7,13-15H,4-5,8-11H2;1-5,11-12H,6-9H2;3-4H2,1-2H3/t23-,24-,25-;13-,14+;11-;/m101./s1. The molecule has 2 N–H and O–H groups in total. The van der Waals surface area contributed by atoms with Crippen LogP contribution in [0.3, 0.4) is 0 Å². The van der Waals surface area contributed by atoms with Crippen LogP contribution in [0.2, 0.25) is 0 Å². The zero-order valence-electron chi connectivity index (χ0n) is 41.1. The van der Waals surface area contributed by atoms with Gasteiger partial charge in [-0.15, -0.1) is 0 Å². The number of ether oxygens (including phenoxy) is 6. The molecular formula is C56H78N4O9. The van der Waals surface area contributed by atoms with Gasteiger partial charge >= 0.3 is 12.2 Å². The van der Waals surface area contributed by atoms with E-state index < -0.39 is 12.2 Å². The van der Waals surface area contributed by atoms with Gasteiger partial charge in [-0.2, -0.15) is 0 Å². The zero-order chi connectivity index (χ0) is 48.6. The summed E-state index contributed by atoms with van der Waals surface area (Å²) in [5, 5.41) is 18.9. The predicted octanol–water partition coefficient (Wildman–Crippen LogP) is 10.7. The molecule has 4 aromatic carbocycles. The van der Waals surface area contributed by atoms with E-state index in [1.165, 1.54) is 54.4 Å². The van der Waals surface area contributed by atoms with E-state index >= 15 is 0 Å². The van der Waals surface area contributed by atoms with Gasteiger partial charge in [0.25, 0.3) is 0 Å².